The maximum Gasteiger partial charge on any atom is 0.244 e. The van der Waals surface area contributed by atoms with Crippen LogP contribution in [0.15, 0.2) is 0 Å². The lowest BCUT2D eigenvalue weighted by molar-refractivity contribution is -0.131. The Hall–Kier alpha value is -1.67. The van der Waals surface area contributed by atoms with Crippen molar-refractivity contribution in [1.82, 2.24) is 16.0 Å². The first-order valence-electron chi connectivity index (χ1n) is 28.0. The first kappa shape index (κ1) is 63.3. The highest BCUT2D eigenvalue weighted by molar-refractivity contribution is 5.89. The van der Waals surface area contributed by atoms with Gasteiger partial charge in [0.2, 0.25) is 17.7 Å². The zero-order valence-electron chi connectivity index (χ0n) is 45.5. The summed E-state index contributed by atoms with van der Waals surface area (Å²) in [7, 11) is 1.74. The van der Waals surface area contributed by atoms with Crippen molar-refractivity contribution in [3.8, 4) is 0 Å². The van der Waals surface area contributed by atoms with Gasteiger partial charge >= 0.3 is 0 Å². The van der Waals surface area contributed by atoms with E-state index in [-0.39, 0.29) is 40.9 Å². The molecule has 0 aliphatic rings. The van der Waals surface area contributed by atoms with Crippen molar-refractivity contribution in [2.24, 2.45) is 5.41 Å². The highest BCUT2D eigenvalue weighted by Gasteiger charge is 2.38. The van der Waals surface area contributed by atoms with E-state index in [4.69, 9.17) is 9.47 Å². The minimum atomic E-state index is -0.832. The van der Waals surface area contributed by atoms with Crippen LogP contribution in [0.25, 0.3) is 0 Å². The number of unbranched alkanes of at least 4 members (excludes halogenated alkanes) is 28. The quantitative estimate of drug-likeness (QED) is 0.0527. The van der Waals surface area contributed by atoms with E-state index in [1.807, 2.05) is 0 Å². The third kappa shape index (κ3) is 38.9. The van der Waals surface area contributed by atoms with Crippen molar-refractivity contribution in [3.05, 3.63) is 0 Å². The smallest absolute Gasteiger partial charge is 0.244 e. The number of hydrogen-bond donors (Lipinski definition) is 3. The lowest BCUT2D eigenvalue weighted by Crippen LogP contribution is -2.58. The lowest BCUT2D eigenvalue weighted by atomic mass is 9.72. The summed E-state index contributed by atoms with van der Waals surface area (Å²) in [4.78, 5) is 40.5. The molecule has 0 aromatic heterocycles. The predicted molar refractivity (Wildman–Crippen MR) is 280 cm³/mol. The van der Waals surface area contributed by atoms with Gasteiger partial charge in [0.15, 0.2) is 0 Å². The van der Waals surface area contributed by atoms with Crippen molar-refractivity contribution in [2.75, 3.05) is 20.3 Å². The molecule has 0 saturated heterocycles. The normalized spacial score (nSPS) is 13.7. The number of amides is 3. The van der Waals surface area contributed by atoms with E-state index < -0.39 is 11.6 Å². The molecule has 3 amide bonds. The van der Waals surface area contributed by atoms with Gasteiger partial charge in [-0.05, 0) is 78.6 Å². The standard InChI is InChI=1S/C57H113N3O5/c1-12-15-17-19-21-23-25-27-29-31-33-35-37-39-41-43-51(61)58-47-50(59-52(62)44-42-40-38-36-34-32-30-28-26-24-22-20-18-16-13-2)53(63)60-57(10,14-3)49-54(4,5)48-56(8,9)65-46-45-55(6,7)64-11/h50H,12-49H2,1-11H3,(H,58,61)(H,59,62)(H,60,63). The van der Waals surface area contributed by atoms with Crippen molar-refractivity contribution < 1.29 is 23.9 Å². The van der Waals surface area contributed by atoms with Gasteiger partial charge in [0.05, 0.1) is 17.8 Å². The van der Waals surface area contributed by atoms with E-state index in [0.717, 1.165) is 64.2 Å². The van der Waals surface area contributed by atoms with E-state index in [1.165, 1.54) is 154 Å². The van der Waals surface area contributed by atoms with E-state index in [2.05, 4.69) is 85.2 Å². The van der Waals surface area contributed by atoms with Crippen LogP contribution in [0.1, 0.15) is 300 Å². The number of ether oxygens (including phenoxy) is 2. The molecule has 2 unspecified atom stereocenters. The monoisotopic (exact) mass is 920 g/mol. The molecule has 386 valence electrons. The molecule has 0 fully saturated rings. The van der Waals surface area contributed by atoms with Gasteiger partial charge in [-0.1, -0.05) is 214 Å². The first-order chi connectivity index (χ1) is 30.9. The zero-order valence-corrected chi connectivity index (χ0v) is 45.5. The molecule has 8 nitrogen and oxygen atoms in total. The Kier molecular flexibility index (Phi) is 38.2. The Morgan fingerprint density at radius 1 is 0.477 bits per heavy atom. The topological polar surface area (TPSA) is 106 Å². The van der Waals surface area contributed by atoms with Crippen molar-refractivity contribution in [2.45, 2.75) is 323 Å². The van der Waals surface area contributed by atoms with Gasteiger partial charge in [-0.25, -0.2) is 0 Å². The molecular formula is C57H113N3O5. The average molecular weight is 921 g/mol. The Balaban J connectivity index is 5.04. The van der Waals surface area contributed by atoms with Crippen molar-refractivity contribution in [1.29, 1.82) is 0 Å². The summed E-state index contributed by atoms with van der Waals surface area (Å²) in [5.74, 6) is -0.408. The largest absolute Gasteiger partial charge is 0.379 e. The van der Waals surface area contributed by atoms with Crippen LogP contribution in [-0.4, -0.2) is 60.8 Å². The van der Waals surface area contributed by atoms with Crippen LogP contribution in [0.2, 0.25) is 0 Å². The molecule has 0 rings (SSSR count). The van der Waals surface area contributed by atoms with Crippen molar-refractivity contribution >= 4 is 17.7 Å². The third-order valence-electron chi connectivity index (χ3n) is 13.9. The second-order valence-electron chi connectivity index (χ2n) is 22.6. The van der Waals surface area contributed by atoms with Gasteiger partial charge in [0.1, 0.15) is 6.04 Å². The molecular weight excluding hydrogens is 807 g/mol. The van der Waals surface area contributed by atoms with Gasteiger partial charge in [0, 0.05) is 32.0 Å². The molecule has 0 aliphatic heterocycles. The van der Waals surface area contributed by atoms with E-state index in [0.29, 0.717) is 19.4 Å². The van der Waals surface area contributed by atoms with Crippen LogP contribution in [0, 0.1) is 5.41 Å². The fourth-order valence-corrected chi connectivity index (χ4v) is 9.73. The second-order valence-corrected chi connectivity index (χ2v) is 22.6. The van der Waals surface area contributed by atoms with Crippen LogP contribution >= 0.6 is 0 Å². The lowest BCUT2D eigenvalue weighted by Gasteiger charge is -2.42. The summed E-state index contributed by atoms with van der Waals surface area (Å²) in [6, 6.07) is -0.832. The molecule has 0 aromatic rings. The highest BCUT2D eigenvalue weighted by atomic mass is 16.5. The molecule has 0 heterocycles. The fraction of sp³-hybridized carbons (Fsp3) is 0.947. The van der Waals surface area contributed by atoms with Crippen LogP contribution in [0.3, 0.4) is 0 Å². The maximum absolute atomic E-state index is 14.1. The molecule has 65 heavy (non-hydrogen) atoms. The predicted octanol–water partition coefficient (Wildman–Crippen LogP) is 15.8. The minimum absolute atomic E-state index is 0.0512. The Bertz CT molecular complexity index is 1160. The van der Waals surface area contributed by atoms with E-state index >= 15 is 0 Å². The molecule has 0 aromatic carbocycles. The van der Waals surface area contributed by atoms with Gasteiger partial charge < -0.3 is 25.4 Å². The summed E-state index contributed by atoms with van der Waals surface area (Å²) in [6.07, 6.45) is 42.3. The molecule has 0 spiro atoms. The number of methoxy groups -OCH3 is 1. The van der Waals surface area contributed by atoms with Crippen LogP contribution in [0.5, 0.6) is 0 Å². The summed E-state index contributed by atoms with van der Waals surface area (Å²) in [5, 5.41) is 9.40. The second kappa shape index (κ2) is 39.2. The maximum atomic E-state index is 14.1. The number of carbonyl (C=O) groups excluding carboxylic acids is 3. The molecule has 0 saturated carbocycles. The number of carbonyl (C=O) groups is 3. The van der Waals surface area contributed by atoms with Gasteiger partial charge in [-0.3, -0.25) is 14.4 Å². The summed E-state index contributed by atoms with van der Waals surface area (Å²) in [5.41, 5.74) is -1.25. The third-order valence-corrected chi connectivity index (χ3v) is 13.9. The van der Waals surface area contributed by atoms with Crippen LogP contribution in [0.4, 0.5) is 0 Å². The van der Waals surface area contributed by atoms with Crippen molar-refractivity contribution in [3.63, 3.8) is 0 Å². The van der Waals surface area contributed by atoms with E-state index in [1.54, 1.807) is 7.11 Å². The Morgan fingerprint density at radius 2 is 0.846 bits per heavy atom. The minimum Gasteiger partial charge on any atom is -0.379 e. The summed E-state index contributed by atoms with van der Waals surface area (Å²) >= 11 is 0. The zero-order chi connectivity index (χ0) is 48.7. The highest BCUT2D eigenvalue weighted by Crippen LogP contribution is 2.38. The molecule has 2 atom stereocenters. The average Bonchev–Trinajstić information content (AvgIpc) is 3.24. The van der Waals surface area contributed by atoms with E-state index in [9.17, 15) is 14.4 Å². The Labute approximate surface area is 405 Å². The first-order valence-corrected chi connectivity index (χ1v) is 28.0. The molecule has 0 bridgehead atoms. The van der Waals surface area contributed by atoms with Gasteiger partial charge in [0.25, 0.3) is 0 Å². The Morgan fingerprint density at radius 3 is 1.22 bits per heavy atom. The van der Waals surface area contributed by atoms with Crippen LogP contribution in [-0.2, 0) is 23.9 Å². The fourth-order valence-electron chi connectivity index (χ4n) is 9.73. The number of hydrogen-bond acceptors (Lipinski definition) is 5. The number of rotatable bonds is 47. The summed E-state index contributed by atoms with van der Waals surface area (Å²) < 4.78 is 12.0. The molecule has 8 heteroatoms. The molecule has 0 aliphatic carbocycles. The summed E-state index contributed by atoms with van der Waals surface area (Å²) in [6.45, 7) is 22.4. The van der Waals surface area contributed by atoms with Crippen LogP contribution < -0.4 is 16.0 Å². The molecule has 0 radical (unpaired) electrons. The van der Waals surface area contributed by atoms with Gasteiger partial charge in [-0.15, -0.1) is 0 Å². The number of nitrogens with one attached hydrogen (secondary N) is 3. The SMILES string of the molecule is CCCCCCCCCCCCCCCCCC(=O)NCC(NC(=O)CCCCCCCCCCCCCCCCC)C(=O)NC(C)(CC)CC(C)(C)CC(C)(C)OCCC(C)(C)OC. The van der Waals surface area contributed by atoms with Gasteiger partial charge in [-0.2, -0.15) is 0 Å². The molecule has 3 N–H and O–H groups in total.